The number of aliphatic hydroxyl groups excluding tert-OH is 1. The molecule has 2 unspecified atom stereocenters. The van der Waals surface area contributed by atoms with Crippen molar-refractivity contribution in [1.82, 2.24) is 10.2 Å². The van der Waals surface area contributed by atoms with Crippen molar-refractivity contribution in [2.45, 2.75) is 44.3 Å². The first-order chi connectivity index (χ1) is 15.8. The Morgan fingerprint density at radius 1 is 1.06 bits per heavy atom. The molecule has 0 spiro atoms. The first kappa shape index (κ1) is 25.6. The molecule has 2 atom stereocenters. The van der Waals surface area contributed by atoms with E-state index in [0.717, 1.165) is 43.1 Å². The average Bonchev–Trinajstić information content (AvgIpc) is 3.29. The van der Waals surface area contributed by atoms with Crippen LogP contribution >= 0.6 is 20.6 Å². The number of benzene rings is 2. The van der Waals surface area contributed by atoms with Crippen molar-refractivity contribution >= 4 is 25.9 Å². The summed E-state index contributed by atoms with van der Waals surface area (Å²) >= 11 is 1.06. The maximum absolute atomic E-state index is 13.6. The molecule has 0 aliphatic rings. The van der Waals surface area contributed by atoms with Gasteiger partial charge in [0, 0.05) is 5.56 Å². The third-order valence-electron chi connectivity index (χ3n) is 5.14. The second-order valence-corrected chi connectivity index (χ2v) is 9.29. The number of rotatable bonds is 11. The van der Waals surface area contributed by atoms with Crippen molar-refractivity contribution in [3.05, 3.63) is 58.6 Å². The SMILES string of the molecule is NC(CO)c1nnc(-c2ccc(OCCCCCCc3ccccc3P)c(C(F)(F)F)c2)s1. The predicted octanol–water partition coefficient (Wildman–Crippen LogP) is 4.90. The lowest BCUT2D eigenvalue weighted by Gasteiger charge is -2.15. The van der Waals surface area contributed by atoms with Gasteiger partial charge in [-0.15, -0.1) is 19.4 Å². The van der Waals surface area contributed by atoms with Crippen molar-refractivity contribution in [1.29, 1.82) is 0 Å². The predicted molar refractivity (Wildman–Crippen MR) is 128 cm³/mol. The van der Waals surface area contributed by atoms with Gasteiger partial charge in [0.05, 0.1) is 24.8 Å². The molecule has 0 bridgehead atoms. The smallest absolute Gasteiger partial charge is 0.419 e. The Hall–Kier alpha value is -2.06. The Kier molecular flexibility index (Phi) is 9.20. The Morgan fingerprint density at radius 3 is 2.55 bits per heavy atom. The van der Waals surface area contributed by atoms with Crippen LogP contribution in [-0.2, 0) is 12.6 Å². The maximum Gasteiger partial charge on any atom is 0.419 e. The highest BCUT2D eigenvalue weighted by Crippen LogP contribution is 2.39. The van der Waals surface area contributed by atoms with Gasteiger partial charge in [-0.1, -0.05) is 48.4 Å². The van der Waals surface area contributed by atoms with Crippen LogP contribution in [0, 0.1) is 0 Å². The van der Waals surface area contributed by atoms with Crippen LogP contribution in [0.1, 0.15) is 47.9 Å². The highest BCUT2D eigenvalue weighted by atomic mass is 32.1. The highest BCUT2D eigenvalue weighted by molar-refractivity contribution is 7.27. The molecule has 1 aromatic heterocycles. The van der Waals surface area contributed by atoms with E-state index < -0.39 is 17.8 Å². The van der Waals surface area contributed by atoms with Crippen LogP contribution in [0.15, 0.2) is 42.5 Å². The summed E-state index contributed by atoms with van der Waals surface area (Å²) in [7, 11) is 2.74. The second kappa shape index (κ2) is 11.9. The number of unbranched alkanes of at least 4 members (excludes halogenated alkanes) is 3. The van der Waals surface area contributed by atoms with E-state index in [1.54, 1.807) is 0 Å². The van der Waals surface area contributed by atoms with Crippen molar-refractivity contribution < 1.29 is 23.0 Å². The molecule has 0 fully saturated rings. The zero-order valence-electron chi connectivity index (χ0n) is 18.0. The normalized spacial score (nSPS) is 12.7. The minimum absolute atomic E-state index is 0.194. The summed E-state index contributed by atoms with van der Waals surface area (Å²) in [6.45, 7) is -0.100. The average molecular weight is 498 g/mol. The number of aryl methyl sites for hydroxylation is 1. The number of ether oxygens (including phenoxy) is 1. The molecule has 0 radical (unpaired) electrons. The van der Waals surface area contributed by atoms with Crippen LogP contribution in [0.3, 0.4) is 0 Å². The highest BCUT2D eigenvalue weighted by Gasteiger charge is 2.35. The molecule has 0 aliphatic heterocycles. The number of hydrogen-bond acceptors (Lipinski definition) is 6. The molecule has 178 valence electrons. The summed E-state index contributed by atoms with van der Waals surface area (Å²) in [5.41, 5.74) is 6.43. The summed E-state index contributed by atoms with van der Waals surface area (Å²) in [4.78, 5) is 0. The van der Waals surface area contributed by atoms with Crippen molar-refractivity contribution in [3.63, 3.8) is 0 Å². The van der Waals surface area contributed by atoms with Gasteiger partial charge in [0.25, 0.3) is 0 Å². The monoisotopic (exact) mass is 497 g/mol. The molecule has 3 N–H and O–H groups in total. The molecule has 5 nitrogen and oxygen atoms in total. The Morgan fingerprint density at radius 2 is 1.82 bits per heavy atom. The van der Waals surface area contributed by atoms with E-state index in [-0.39, 0.29) is 24.5 Å². The quantitative estimate of drug-likeness (QED) is 0.291. The molecule has 33 heavy (non-hydrogen) atoms. The lowest BCUT2D eigenvalue weighted by molar-refractivity contribution is -0.138. The van der Waals surface area contributed by atoms with Crippen molar-refractivity contribution in [3.8, 4) is 16.3 Å². The summed E-state index contributed by atoms with van der Waals surface area (Å²) in [5, 5.41) is 18.7. The van der Waals surface area contributed by atoms with Gasteiger partial charge in [0.1, 0.15) is 15.8 Å². The Labute approximate surface area is 197 Å². The molecule has 0 aliphatic carbocycles. The molecule has 0 saturated heterocycles. The van der Waals surface area contributed by atoms with Crippen LogP contribution in [0.4, 0.5) is 13.2 Å². The molecular formula is C23H27F3N3O2PS. The molecule has 2 aromatic carbocycles. The van der Waals surface area contributed by atoms with Gasteiger partial charge in [-0.05, 0) is 48.3 Å². The second-order valence-electron chi connectivity index (χ2n) is 7.65. The number of nitrogens with two attached hydrogens (primary N) is 1. The molecule has 10 heteroatoms. The van der Waals surface area contributed by atoms with Crippen molar-refractivity contribution in [2.24, 2.45) is 5.73 Å². The Balaban J connectivity index is 1.54. The van der Waals surface area contributed by atoms with E-state index in [1.165, 1.54) is 23.0 Å². The standard InChI is InChI=1S/C23H27F3N3O2PS/c24-23(25,26)17-13-16(21-28-29-22(33-21)18(27)14-30)10-11-19(17)31-12-6-2-1-3-7-15-8-4-5-9-20(15)32/h4-5,8-11,13,18,30H,1-3,6-7,12,14,27,32H2. The number of halogens is 3. The lowest BCUT2D eigenvalue weighted by Crippen LogP contribution is -2.13. The van der Waals surface area contributed by atoms with Crippen LogP contribution in [0.5, 0.6) is 5.75 Å². The van der Waals surface area contributed by atoms with Gasteiger partial charge < -0.3 is 15.6 Å². The lowest BCUT2D eigenvalue weighted by atomic mass is 10.1. The molecule has 3 rings (SSSR count). The van der Waals surface area contributed by atoms with Gasteiger partial charge in [-0.2, -0.15) is 13.2 Å². The van der Waals surface area contributed by atoms with Gasteiger partial charge >= 0.3 is 6.18 Å². The summed E-state index contributed by atoms with van der Waals surface area (Å²) in [5.74, 6) is -0.194. The van der Waals surface area contributed by atoms with E-state index >= 15 is 0 Å². The van der Waals surface area contributed by atoms with Crippen LogP contribution in [-0.4, -0.2) is 28.5 Å². The van der Waals surface area contributed by atoms with Crippen LogP contribution < -0.4 is 15.8 Å². The van der Waals surface area contributed by atoms with Crippen LogP contribution in [0.2, 0.25) is 0 Å². The topological polar surface area (TPSA) is 81.3 Å². The summed E-state index contributed by atoms with van der Waals surface area (Å²) in [6.07, 6.45) is 0.000645. The van der Waals surface area contributed by atoms with Gasteiger partial charge in [-0.3, -0.25) is 0 Å². The van der Waals surface area contributed by atoms with Crippen LogP contribution in [0.25, 0.3) is 10.6 Å². The first-order valence-corrected chi connectivity index (χ1v) is 12.1. The number of aromatic nitrogens is 2. The van der Waals surface area contributed by atoms with E-state index in [4.69, 9.17) is 15.6 Å². The molecular weight excluding hydrogens is 470 g/mol. The zero-order chi connectivity index (χ0) is 23.8. The largest absolute Gasteiger partial charge is 0.493 e. The van der Waals surface area contributed by atoms with Crippen molar-refractivity contribution in [2.75, 3.05) is 13.2 Å². The summed E-state index contributed by atoms with van der Waals surface area (Å²) in [6, 6.07) is 11.3. The Bertz CT molecular complexity index is 1050. The minimum Gasteiger partial charge on any atom is -0.493 e. The molecule has 0 amide bonds. The fourth-order valence-electron chi connectivity index (χ4n) is 3.30. The fourth-order valence-corrected chi connectivity index (χ4v) is 4.49. The van der Waals surface area contributed by atoms with Gasteiger partial charge in [0.15, 0.2) is 0 Å². The van der Waals surface area contributed by atoms with Gasteiger partial charge in [-0.25, -0.2) is 0 Å². The molecule has 3 aromatic rings. The third-order valence-corrected chi connectivity index (χ3v) is 6.81. The molecule has 0 saturated carbocycles. The number of hydrogen-bond donors (Lipinski definition) is 2. The number of alkyl halides is 3. The third kappa shape index (κ3) is 7.21. The maximum atomic E-state index is 13.6. The molecule has 1 heterocycles. The first-order valence-electron chi connectivity index (χ1n) is 10.7. The fraction of sp³-hybridized carbons (Fsp3) is 0.391. The summed E-state index contributed by atoms with van der Waals surface area (Å²) < 4.78 is 46.4. The van der Waals surface area contributed by atoms with E-state index in [9.17, 15) is 13.2 Å². The van der Waals surface area contributed by atoms with E-state index in [2.05, 4.69) is 31.6 Å². The number of aliphatic hydroxyl groups is 1. The van der Waals surface area contributed by atoms with E-state index in [0.29, 0.717) is 16.4 Å². The van der Waals surface area contributed by atoms with E-state index in [1.807, 2.05) is 12.1 Å². The zero-order valence-corrected chi connectivity index (χ0v) is 20.0. The number of nitrogens with zero attached hydrogens (tertiary/aromatic N) is 2. The van der Waals surface area contributed by atoms with Gasteiger partial charge in [0.2, 0.25) is 0 Å². The minimum atomic E-state index is -4.56.